The molecule has 1 saturated heterocycles. The summed E-state index contributed by atoms with van der Waals surface area (Å²) in [6.45, 7) is 9.93. The minimum absolute atomic E-state index is 0.0552. The highest BCUT2D eigenvalue weighted by Crippen LogP contribution is 2.25. The van der Waals surface area contributed by atoms with Crippen molar-refractivity contribution in [1.29, 1.82) is 0 Å². The lowest BCUT2D eigenvalue weighted by molar-refractivity contribution is -0.126. The number of carbonyl (C=O) groups excluding carboxylic acids is 4. The van der Waals surface area contributed by atoms with Gasteiger partial charge in [-0.2, -0.15) is 0 Å². The molecule has 0 saturated carbocycles. The molecule has 1 aromatic heterocycles. The van der Waals surface area contributed by atoms with Gasteiger partial charge in [-0.25, -0.2) is 9.37 Å². The van der Waals surface area contributed by atoms with Crippen LogP contribution in [0.3, 0.4) is 0 Å². The summed E-state index contributed by atoms with van der Waals surface area (Å²) in [6, 6.07) is 8.60. The summed E-state index contributed by atoms with van der Waals surface area (Å²) in [5.74, 6) is -0.923. The Bertz CT molecular complexity index is 1690. The molecule has 5 rings (SSSR count). The van der Waals surface area contributed by atoms with Crippen molar-refractivity contribution in [2.24, 2.45) is 17.6 Å². The number of hydrogen-bond donors (Lipinski definition) is 3. The number of nitrogens with zero attached hydrogens (tertiary/aromatic N) is 4. The number of aromatic nitrogens is 2. The van der Waals surface area contributed by atoms with Gasteiger partial charge >= 0.3 is 0 Å². The fourth-order valence-electron chi connectivity index (χ4n) is 6.75. The zero-order chi connectivity index (χ0) is 35.2. The normalized spacial score (nSPS) is 19.7. The van der Waals surface area contributed by atoms with Crippen molar-refractivity contribution in [3.63, 3.8) is 0 Å². The molecule has 0 aliphatic carbocycles. The summed E-state index contributed by atoms with van der Waals surface area (Å²) in [5.41, 5.74) is 8.60. The van der Waals surface area contributed by atoms with Gasteiger partial charge in [-0.1, -0.05) is 33.8 Å². The zero-order valence-electron chi connectivity index (χ0n) is 29.1. The summed E-state index contributed by atoms with van der Waals surface area (Å²) >= 11 is 0. The lowest BCUT2D eigenvalue weighted by Gasteiger charge is -2.32. The Morgan fingerprint density at radius 1 is 1.08 bits per heavy atom. The summed E-state index contributed by atoms with van der Waals surface area (Å²) in [7, 11) is 0. The third kappa shape index (κ3) is 8.46. The molecule has 2 aliphatic heterocycles. The number of halogens is 1. The first-order chi connectivity index (χ1) is 23.5. The average molecular weight is 676 g/mol. The predicted molar refractivity (Wildman–Crippen MR) is 186 cm³/mol. The van der Waals surface area contributed by atoms with E-state index < -0.39 is 23.8 Å². The van der Waals surface area contributed by atoms with E-state index in [1.807, 2.05) is 26.0 Å². The summed E-state index contributed by atoms with van der Waals surface area (Å²) in [6.07, 6.45) is 3.69. The molecule has 0 unspecified atom stereocenters. The Morgan fingerprint density at radius 3 is 2.61 bits per heavy atom. The van der Waals surface area contributed by atoms with Crippen molar-refractivity contribution in [3.8, 4) is 0 Å². The molecule has 49 heavy (non-hydrogen) atoms. The fraction of sp³-hybridized carbons (Fsp3) is 0.541. The minimum atomic E-state index is -0.767. The highest BCUT2D eigenvalue weighted by Gasteiger charge is 2.37. The lowest BCUT2D eigenvalue weighted by atomic mass is 10.0. The molecule has 0 spiro atoms. The van der Waals surface area contributed by atoms with Gasteiger partial charge in [0, 0.05) is 44.2 Å². The number of benzene rings is 2. The third-order valence-corrected chi connectivity index (χ3v) is 9.46. The molecule has 2 bridgehead atoms. The van der Waals surface area contributed by atoms with Crippen LogP contribution >= 0.6 is 0 Å². The van der Waals surface area contributed by atoms with Gasteiger partial charge in [0.1, 0.15) is 17.7 Å². The van der Waals surface area contributed by atoms with Crippen LogP contribution in [0.4, 0.5) is 4.39 Å². The van der Waals surface area contributed by atoms with Gasteiger partial charge in [0.25, 0.3) is 11.8 Å². The number of nitrogens with one attached hydrogen (secondary N) is 2. The van der Waals surface area contributed by atoms with E-state index in [0.29, 0.717) is 63.3 Å². The molecular formula is C37H50FN7O4. The quantitative estimate of drug-likeness (QED) is 0.349. The highest BCUT2D eigenvalue weighted by atomic mass is 19.1. The Kier molecular flexibility index (Phi) is 11.7. The molecule has 264 valence electrons. The lowest BCUT2D eigenvalue weighted by Crippen LogP contribution is -2.54. The molecule has 0 radical (unpaired) electrons. The van der Waals surface area contributed by atoms with Crippen LogP contribution in [0.25, 0.3) is 11.0 Å². The van der Waals surface area contributed by atoms with Crippen molar-refractivity contribution in [2.75, 3.05) is 32.7 Å². The molecular weight excluding hydrogens is 625 g/mol. The van der Waals surface area contributed by atoms with E-state index in [2.05, 4.69) is 29.0 Å². The molecule has 3 heterocycles. The number of nitrogens with two attached hydrogens (primary N) is 1. The van der Waals surface area contributed by atoms with Crippen molar-refractivity contribution in [1.82, 2.24) is 30.0 Å². The van der Waals surface area contributed by atoms with Crippen LogP contribution in [0.15, 0.2) is 36.4 Å². The number of rotatable bonds is 7. The van der Waals surface area contributed by atoms with Crippen molar-refractivity contribution >= 4 is 34.7 Å². The van der Waals surface area contributed by atoms with E-state index in [-0.39, 0.29) is 42.3 Å². The molecule has 2 atom stereocenters. The first-order valence-corrected chi connectivity index (χ1v) is 17.6. The van der Waals surface area contributed by atoms with Crippen LogP contribution < -0.4 is 16.4 Å². The number of imidazole rings is 1. The summed E-state index contributed by atoms with van der Waals surface area (Å²) < 4.78 is 17.0. The van der Waals surface area contributed by atoms with E-state index in [0.717, 1.165) is 35.3 Å². The molecule has 4 amide bonds. The SMILES string of the molecule is CC(C)Cc1nc2ccc(C(=O)N3CC(=O)NCCCc4ccc(F)c(c4)C(=O)N4CCC[C@H]4C(=O)N[C@H](C(C)C)C3)cc2n1CCCN. The van der Waals surface area contributed by atoms with Crippen LogP contribution in [0.1, 0.15) is 85.5 Å². The molecule has 11 nitrogen and oxygen atoms in total. The predicted octanol–water partition coefficient (Wildman–Crippen LogP) is 3.67. The number of amides is 4. The van der Waals surface area contributed by atoms with Crippen molar-refractivity contribution < 1.29 is 23.6 Å². The Labute approximate surface area is 287 Å². The number of carbonyl (C=O) groups is 4. The van der Waals surface area contributed by atoms with Crippen LogP contribution in [0.2, 0.25) is 0 Å². The van der Waals surface area contributed by atoms with Gasteiger partial charge in [0.15, 0.2) is 0 Å². The first-order valence-electron chi connectivity index (χ1n) is 17.6. The van der Waals surface area contributed by atoms with E-state index in [1.165, 1.54) is 15.9 Å². The summed E-state index contributed by atoms with van der Waals surface area (Å²) in [5, 5.41) is 5.99. The smallest absolute Gasteiger partial charge is 0.257 e. The number of fused-ring (bicyclic) bond motifs is 4. The van der Waals surface area contributed by atoms with Crippen molar-refractivity contribution in [2.45, 2.75) is 84.8 Å². The van der Waals surface area contributed by atoms with E-state index in [9.17, 15) is 23.6 Å². The first kappa shape index (κ1) is 36.0. The van der Waals surface area contributed by atoms with E-state index >= 15 is 0 Å². The maximum atomic E-state index is 14.9. The molecule has 2 aromatic carbocycles. The van der Waals surface area contributed by atoms with Crippen LogP contribution in [0.5, 0.6) is 0 Å². The van der Waals surface area contributed by atoms with Crippen LogP contribution in [0, 0.1) is 17.7 Å². The van der Waals surface area contributed by atoms with Gasteiger partial charge in [-0.15, -0.1) is 0 Å². The topological polar surface area (TPSA) is 143 Å². The Hall–Kier alpha value is -4.32. The van der Waals surface area contributed by atoms with Gasteiger partial charge in [-0.3, -0.25) is 19.2 Å². The van der Waals surface area contributed by atoms with Gasteiger partial charge in [0.05, 0.1) is 23.1 Å². The molecule has 12 heteroatoms. The largest absolute Gasteiger partial charge is 0.355 e. The molecule has 2 aliphatic rings. The minimum Gasteiger partial charge on any atom is -0.355 e. The van der Waals surface area contributed by atoms with Gasteiger partial charge in [0.2, 0.25) is 11.8 Å². The van der Waals surface area contributed by atoms with Crippen LogP contribution in [-0.2, 0) is 29.0 Å². The monoisotopic (exact) mass is 675 g/mol. The molecule has 4 N–H and O–H groups in total. The second-order valence-electron chi connectivity index (χ2n) is 14.1. The highest BCUT2D eigenvalue weighted by molar-refractivity contribution is 6.00. The maximum Gasteiger partial charge on any atom is 0.257 e. The van der Waals surface area contributed by atoms with E-state index in [1.54, 1.807) is 18.2 Å². The standard InChI is InChI=1S/C37H50FN7O4/c1-23(2)18-33-41-29-13-11-26(20-32(29)44(33)17-7-14-39)36(48)43-21-30(24(3)4)42-35(47)31-9-6-16-45(31)37(49)27-19-25(10-12-28(27)38)8-5-15-40-34(46)22-43/h10-13,19-20,23-24,30-31H,5-9,14-18,21-22,39H2,1-4H3,(H,40,46)(H,42,47)/t30-,31-/m0/s1. The zero-order valence-corrected chi connectivity index (χ0v) is 29.1. The Balaban J connectivity index is 1.47. The van der Waals surface area contributed by atoms with Gasteiger partial charge in [-0.05, 0) is 86.4 Å². The average Bonchev–Trinajstić information content (AvgIpc) is 3.69. The summed E-state index contributed by atoms with van der Waals surface area (Å²) in [4.78, 5) is 62.8. The third-order valence-electron chi connectivity index (χ3n) is 9.46. The van der Waals surface area contributed by atoms with E-state index in [4.69, 9.17) is 10.7 Å². The molecule has 3 aromatic rings. The van der Waals surface area contributed by atoms with Crippen molar-refractivity contribution in [3.05, 3.63) is 64.7 Å². The van der Waals surface area contributed by atoms with Gasteiger partial charge < -0.3 is 30.7 Å². The second-order valence-corrected chi connectivity index (χ2v) is 14.1. The maximum absolute atomic E-state index is 14.9. The second kappa shape index (κ2) is 15.9. The van der Waals surface area contributed by atoms with Crippen LogP contribution in [-0.4, -0.2) is 87.8 Å². The Morgan fingerprint density at radius 2 is 1.88 bits per heavy atom. The fourth-order valence-corrected chi connectivity index (χ4v) is 6.75. The molecule has 1 fully saturated rings. The number of aryl methyl sites for hydroxylation is 2. The number of hydrogen-bond acceptors (Lipinski definition) is 6.